The van der Waals surface area contributed by atoms with E-state index in [0.717, 1.165) is 57.5 Å². The molecule has 0 saturated carbocycles. The van der Waals surface area contributed by atoms with Gasteiger partial charge in [0.2, 0.25) is 11.6 Å². The van der Waals surface area contributed by atoms with E-state index in [-0.39, 0.29) is 28.9 Å². The number of hydrogen-bond acceptors (Lipinski definition) is 7. The van der Waals surface area contributed by atoms with Gasteiger partial charge in [0, 0.05) is 32.2 Å². The average molecular weight is 1000 g/mol. The largest absolute Gasteiger partial charge is 0.512 e. The average Bonchev–Trinajstić information content (AvgIpc) is 3.59. The smallest absolute Gasteiger partial charge is 0.233 e. The number of phenolic OH excluding ortho intramolecular Hbond substituents is 1. The van der Waals surface area contributed by atoms with Crippen LogP contribution in [-0.2, 0) is 9.59 Å². The molecule has 2 aliphatic carbocycles. The van der Waals surface area contributed by atoms with Gasteiger partial charge in [-0.2, -0.15) is 0 Å². The minimum atomic E-state index is -1.20. The Hall–Kier alpha value is -3.06. The van der Waals surface area contributed by atoms with E-state index in [1.807, 2.05) is 18.2 Å². The number of phenols is 1. The maximum Gasteiger partial charge on any atom is 0.233 e. The van der Waals surface area contributed by atoms with Crippen LogP contribution in [0.2, 0.25) is 0 Å². The van der Waals surface area contributed by atoms with Crippen LogP contribution in [0.5, 0.6) is 5.75 Å². The molecule has 7 nitrogen and oxygen atoms in total. The molecule has 72 heavy (non-hydrogen) atoms. The third kappa shape index (κ3) is 23.6. The molecule has 1 aromatic rings. The van der Waals surface area contributed by atoms with Crippen LogP contribution in [0.1, 0.15) is 278 Å². The second kappa shape index (κ2) is 39.4. The Morgan fingerprint density at radius 1 is 0.486 bits per heavy atom. The van der Waals surface area contributed by atoms with Crippen molar-refractivity contribution in [3.8, 4) is 5.75 Å². The van der Waals surface area contributed by atoms with Crippen molar-refractivity contribution in [3.05, 3.63) is 53.5 Å². The fourth-order valence-corrected chi connectivity index (χ4v) is 11.7. The molecular formula is C65H112N2O5. The second-order valence-electron chi connectivity index (χ2n) is 22.6. The summed E-state index contributed by atoms with van der Waals surface area (Å²) in [6, 6.07) is 5.05. The molecule has 0 amide bonds. The highest BCUT2D eigenvalue weighted by molar-refractivity contribution is 6.58. The molecule has 0 saturated heterocycles. The highest BCUT2D eigenvalue weighted by Crippen LogP contribution is 2.42. The number of allylic oxidation sites excluding steroid dienone is 3. The Labute approximate surface area is 443 Å². The minimum Gasteiger partial charge on any atom is -0.512 e. The fraction of sp³-hybridized carbons (Fsp3) is 0.785. The van der Waals surface area contributed by atoms with Crippen LogP contribution in [-0.4, -0.2) is 64.0 Å². The molecule has 5 unspecified atom stereocenters. The number of carbonyl (C=O) groups is 2. The van der Waals surface area contributed by atoms with Crippen molar-refractivity contribution in [1.82, 2.24) is 4.90 Å². The van der Waals surface area contributed by atoms with Crippen molar-refractivity contribution in [2.45, 2.75) is 279 Å². The van der Waals surface area contributed by atoms with Crippen molar-refractivity contribution >= 4 is 22.8 Å². The van der Waals surface area contributed by atoms with Crippen LogP contribution in [0, 0.1) is 23.7 Å². The molecule has 3 N–H and O–H groups in total. The summed E-state index contributed by atoms with van der Waals surface area (Å²) in [5.41, 5.74) is 1.01. The van der Waals surface area contributed by atoms with Gasteiger partial charge in [-0.1, -0.05) is 252 Å². The number of nitrogens with zero attached hydrogens (tertiary/aromatic N) is 2. The summed E-state index contributed by atoms with van der Waals surface area (Å²) in [5, 5.41) is 35.5. The first-order valence-corrected chi connectivity index (χ1v) is 31.1. The molecule has 5 atom stereocenters. The number of benzene rings is 1. The molecular weight excluding hydrogens is 889 g/mol. The van der Waals surface area contributed by atoms with Crippen LogP contribution >= 0.6 is 0 Å². The number of rotatable bonds is 46. The molecule has 0 aromatic heterocycles. The Morgan fingerprint density at radius 2 is 0.875 bits per heavy atom. The molecule has 2 aliphatic rings. The van der Waals surface area contributed by atoms with Crippen LogP contribution in [0.15, 0.2) is 47.9 Å². The molecule has 0 bridgehead atoms. The van der Waals surface area contributed by atoms with Gasteiger partial charge in [0.15, 0.2) is 0 Å². The van der Waals surface area contributed by atoms with Gasteiger partial charge >= 0.3 is 0 Å². The second-order valence-corrected chi connectivity index (χ2v) is 22.6. The molecule has 7 heteroatoms. The number of unbranched alkanes of at least 4 members (excludes halogenated alkanes) is 26. The highest BCUT2D eigenvalue weighted by Gasteiger charge is 2.47. The molecule has 1 aromatic carbocycles. The lowest BCUT2D eigenvalue weighted by molar-refractivity contribution is -0.135. The SMILES string of the molecule is CCCCCCCCC(CCCCCC)CN(CC(CCCCCC)CCCCCCCC)C1C=CC(C2C(=O)C(=O)C(c3ccc(N(CCCCCCCC)CCCCCCCC)c(O)c3)=C2O)C(O)=C1. The molecule has 0 aliphatic heterocycles. The van der Waals surface area contributed by atoms with Crippen molar-refractivity contribution in [3.63, 3.8) is 0 Å². The van der Waals surface area contributed by atoms with Gasteiger partial charge in [0.05, 0.1) is 28.9 Å². The molecule has 0 spiro atoms. The van der Waals surface area contributed by atoms with E-state index in [1.54, 1.807) is 12.1 Å². The van der Waals surface area contributed by atoms with Crippen LogP contribution in [0.25, 0.3) is 5.57 Å². The van der Waals surface area contributed by atoms with Gasteiger partial charge in [0.25, 0.3) is 0 Å². The van der Waals surface area contributed by atoms with Crippen molar-refractivity contribution < 1.29 is 24.9 Å². The summed E-state index contributed by atoms with van der Waals surface area (Å²) in [4.78, 5) is 32.8. The monoisotopic (exact) mass is 1000 g/mol. The number of hydrogen-bond donors (Lipinski definition) is 3. The van der Waals surface area contributed by atoms with Crippen molar-refractivity contribution in [2.75, 3.05) is 31.1 Å². The number of aliphatic hydroxyl groups is 2. The number of carbonyl (C=O) groups excluding carboxylic acids is 2. The van der Waals surface area contributed by atoms with Gasteiger partial charge in [-0.25, -0.2) is 0 Å². The standard InChI is InChI=1S/C65H112N2O5/c1-7-13-19-25-29-35-41-53(39-33-23-17-11-5)51-67(52-54(40-34-24-18-12-6)42-36-30-26-20-14-8-2)56-44-45-57(59(68)50-56)62-63(70)61(64(71)65(62)72)55-43-46-58(60(69)49-55)66(47-37-31-27-21-15-9-3)48-38-32-28-22-16-10-4/h43-46,49-50,53-54,56-57,62,68-70H,7-42,47-48,51-52H2,1-6H3. The lowest BCUT2D eigenvalue weighted by atomic mass is 9.83. The molecule has 3 rings (SSSR count). The summed E-state index contributed by atoms with van der Waals surface area (Å²) in [7, 11) is 0. The van der Waals surface area contributed by atoms with E-state index < -0.39 is 23.4 Å². The quantitative estimate of drug-likeness (QED) is 0.0340. The van der Waals surface area contributed by atoms with Crippen molar-refractivity contribution in [2.24, 2.45) is 23.7 Å². The summed E-state index contributed by atoms with van der Waals surface area (Å²) in [5.74, 6) is -2.55. The van der Waals surface area contributed by atoms with E-state index >= 15 is 0 Å². The maximum absolute atomic E-state index is 14.0. The zero-order valence-electron chi connectivity index (χ0n) is 47.7. The molecule has 0 radical (unpaired) electrons. The lowest BCUT2D eigenvalue weighted by Gasteiger charge is -2.37. The molecule has 412 valence electrons. The normalized spacial score (nSPS) is 17.9. The van der Waals surface area contributed by atoms with E-state index in [2.05, 4.69) is 57.4 Å². The zero-order valence-corrected chi connectivity index (χ0v) is 47.7. The first kappa shape index (κ1) is 63.2. The first-order valence-electron chi connectivity index (χ1n) is 31.1. The van der Waals surface area contributed by atoms with Crippen LogP contribution in [0.4, 0.5) is 5.69 Å². The Bertz CT molecular complexity index is 1630. The Morgan fingerprint density at radius 3 is 1.28 bits per heavy atom. The molecule has 0 fully saturated rings. The maximum atomic E-state index is 14.0. The fourth-order valence-electron chi connectivity index (χ4n) is 11.7. The van der Waals surface area contributed by atoms with Gasteiger partial charge < -0.3 is 20.2 Å². The Kier molecular flexibility index (Phi) is 34.6. The predicted molar refractivity (Wildman–Crippen MR) is 309 cm³/mol. The number of aliphatic hydroxyl groups excluding tert-OH is 2. The first-order chi connectivity index (χ1) is 35.1. The van der Waals surface area contributed by atoms with Crippen molar-refractivity contribution in [1.29, 1.82) is 0 Å². The van der Waals surface area contributed by atoms with E-state index in [0.29, 0.717) is 17.4 Å². The summed E-state index contributed by atoms with van der Waals surface area (Å²) >= 11 is 0. The van der Waals surface area contributed by atoms with Crippen LogP contribution < -0.4 is 4.90 Å². The van der Waals surface area contributed by atoms with Gasteiger partial charge in [0.1, 0.15) is 11.5 Å². The molecule has 0 heterocycles. The van der Waals surface area contributed by atoms with Gasteiger partial charge in [-0.3, -0.25) is 14.5 Å². The summed E-state index contributed by atoms with van der Waals surface area (Å²) in [6.07, 6.45) is 50.9. The number of anilines is 1. The Balaban J connectivity index is 1.91. The number of Topliss-reactive ketones (excluding diaryl/α,β-unsaturated/α-hetero) is 2. The lowest BCUT2D eigenvalue weighted by Crippen LogP contribution is -2.42. The summed E-state index contributed by atoms with van der Waals surface area (Å²) in [6.45, 7) is 17.3. The van der Waals surface area contributed by atoms with E-state index in [1.165, 1.54) is 205 Å². The predicted octanol–water partition coefficient (Wildman–Crippen LogP) is 18.9. The third-order valence-electron chi connectivity index (χ3n) is 16.3. The number of ketones is 2. The van der Waals surface area contributed by atoms with Gasteiger partial charge in [-0.05, 0) is 74.1 Å². The van der Waals surface area contributed by atoms with Crippen LogP contribution in [0.3, 0.4) is 0 Å². The third-order valence-corrected chi connectivity index (χ3v) is 16.3. The topological polar surface area (TPSA) is 101 Å². The van der Waals surface area contributed by atoms with Gasteiger partial charge in [-0.15, -0.1) is 0 Å². The van der Waals surface area contributed by atoms with E-state index in [4.69, 9.17) is 0 Å². The number of aromatic hydroxyl groups is 1. The van der Waals surface area contributed by atoms with E-state index in [9.17, 15) is 24.9 Å². The minimum absolute atomic E-state index is 0.0514. The summed E-state index contributed by atoms with van der Waals surface area (Å²) < 4.78 is 0. The zero-order chi connectivity index (χ0) is 52.2. The highest BCUT2D eigenvalue weighted by atomic mass is 16.3.